The second-order valence-corrected chi connectivity index (χ2v) is 6.66. The Morgan fingerprint density at radius 1 is 1.23 bits per heavy atom. The third-order valence-corrected chi connectivity index (χ3v) is 4.66. The van der Waals surface area contributed by atoms with Gasteiger partial charge in [0.1, 0.15) is 11.7 Å². The Balaban J connectivity index is 1.46. The van der Waals surface area contributed by atoms with Crippen molar-refractivity contribution in [2.24, 2.45) is 0 Å². The first-order chi connectivity index (χ1) is 14.3. The molecule has 0 unspecified atom stereocenters. The van der Waals surface area contributed by atoms with E-state index in [0.29, 0.717) is 11.1 Å². The van der Waals surface area contributed by atoms with Crippen LogP contribution < -0.4 is 15.1 Å². The van der Waals surface area contributed by atoms with Crippen LogP contribution in [-0.2, 0) is 6.18 Å². The van der Waals surface area contributed by atoms with E-state index in [4.69, 9.17) is 13.9 Å². The van der Waals surface area contributed by atoms with Crippen molar-refractivity contribution in [2.75, 3.05) is 20.2 Å². The summed E-state index contributed by atoms with van der Waals surface area (Å²) in [5.41, 5.74) is -1.58. The molecule has 7 nitrogen and oxygen atoms in total. The number of hydrogen-bond donors (Lipinski definition) is 0. The molecule has 4 rings (SSSR count). The van der Waals surface area contributed by atoms with Gasteiger partial charge in [-0.1, -0.05) is 12.1 Å². The summed E-state index contributed by atoms with van der Waals surface area (Å²) in [5.74, 6) is -0.362. The zero-order valence-electron chi connectivity index (χ0n) is 15.6. The number of carbonyl (C=O) groups is 1. The zero-order valence-corrected chi connectivity index (χ0v) is 15.6. The second kappa shape index (κ2) is 7.36. The summed E-state index contributed by atoms with van der Waals surface area (Å²) >= 11 is 0. The van der Waals surface area contributed by atoms with E-state index in [0.717, 1.165) is 18.3 Å². The molecule has 156 valence electrons. The zero-order chi connectivity index (χ0) is 21.5. The van der Waals surface area contributed by atoms with Gasteiger partial charge >= 0.3 is 11.8 Å². The Morgan fingerprint density at radius 2 is 2.00 bits per heavy atom. The van der Waals surface area contributed by atoms with Crippen molar-refractivity contribution in [3.8, 4) is 11.6 Å². The summed E-state index contributed by atoms with van der Waals surface area (Å²) in [6, 6.07) is 8.08. The summed E-state index contributed by atoms with van der Waals surface area (Å²) in [4.78, 5) is 30.0. The molecule has 30 heavy (non-hydrogen) atoms. The van der Waals surface area contributed by atoms with Crippen LogP contribution in [0, 0.1) is 0 Å². The molecule has 1 aliphatic rings. The Morgan fingerprint density at radius 3 is 2.70 bits per heavy atom. The fourth-order valence-corrected chi connectivity index (χ4v) is 3.10. The number of amides is 1. The van der Waals surface area contributed by atoms with E-state index in [1.165, 1.54) is 18.1 Å². The van der Waals surface area contributed by atoms with Gasteiger partial charge in [0.2, 0.25) is 5.88 Å². The average molecular weight is 420 g/mol. The number of para-hydroxylation sites is 1. The molecule has 10 heteroatoms. The molecule has 1 aliphatic heterocycles. The summed E-state index contributed by atoms with van der Waals surface area (Å²) in [6.07, 6.45) is -4.03. The van der Waals surface area contributed by atoms with Crippen LogP contribution in [-0.4, -0.2) is 42.1 Å². The van der Waals surface area contributed by atoms with Crippen LogP contribution in [0.4, 0.5) is 13.2 Å². The normalized spacial score (nSPS) is 14.5. The number of likely N-dealkylation sites (tertiary alicyclic amines) is 1. The Kier molecular flexibility index (Phi) is 4.84. The molecule has 1 saturated heterocycles. The maximum Gasteiger partial charge on any atom is 0.416 e. The minimum Gasteiger partial charge on any atom is -0.493 e. The molecular formula is C20H15F3N2O5. The minimum absolute atomic E-state index is 0.104. The van der Waals surface area contributed by atoms with Crippen molar-refractivity contribution in [3.05, 3.63) is 64.1 Å². The molecule has 0 spiro atoms. The van der Waals surface area contributed by atoms with Gasteiger partial charge in [0.05, 0.1) is 25.8 Å². The quantitative estimate of drug-likeness (QED) is 0.604. The third kappa shape index (κ3) is 3.68. The number of methoxy groups -OCH3 is 1. The SMILES string of the molecule is COc1cccc2cc(C(=O)N3CC(Oc4cc(C(F)(F)F)ccn4)C3)c(=O)oc12. The van der Waals surface area contributed by atoms with Crippen LogP contribution >= 0.6 is 0 Å². The lowest BCUT2D eigenvalue weighted by molar-refractivity contribution is -0.137. The van der Waals surface area contributed by atoms with Gasteiger partial charge < -0.3 is 18.8 Å². The van der Waals surface area contributed by atoms with Crippen LogP contribution in [0.2, 0.25) is 0 Å². The van der Waals surface area contributed by atoms with E-state index >= 15 is 0 Å². The number of fused-ring (bicyclic) bond motifs is 1. The maximum atomic E-state index is 12.8. The van der Waals surface area contributed by atoms with Crippen LogP contribution in [0.3, 0.4) is 0 Å². The lowest BCUT2D eigenvalue weighted by atomic mass is 10.1. The Bertz CT molecular complexity index is 1170. The fourth-order valence-electron chi connectivity index (χ4n) is 3.10. The number of aromatic nitrogens is 1. The van der Waals surface area contributed by atoms with Crippen molar-refractivity contribution in [3.63, 3.8) is 0 Å². The highest BCUT2D eigenvalue weighted by molar-refractivity contribution is 5.97. The number of carbonyl (C=O) groups excluding carboxylic acids is 1. The third-order valence-electron chi connectivity index (χ3n) is 4.66. The molecule has 1 aromatic carbocycles. The van der Waals surface area contributed by atoms with Gasteiger partial charge in [0.25, 0.3) is 5.91 Å². The average Bonchev–Trinajstić information content (AvgIpc) is 2.68. The minimum atomic E-state index is -4.50. The van der Waals surface area contributed by atoms with E-state index in [1.54, 1.807) is 18.2 Å². The first-order valence-electron chi connectivity index (χ1n) is 8.86. The predicted octanol–water partition coefficient (Wildman–Crippen LogP) is 3.12. The molecule has 3 aromatic rings. The molecule has 0 N–H and O–H groups in total. The standard InChI is InChI=1S/C20H15F3N2O5/c1-28-15-4-2-3-11-7-14(19(27)30-17(11)15)18(26)25-9-13(10-25)29-16-8-12(5-6-24-16)20(21,22)23/h2-8,13H,9-10H2,1H3. The van der Waals surface area contributed by atoms with Crippen molar-refractivity contribution < 1.29 is 31.9 Å². The van der Waals surface area contributed by atoms with Gasteiger partial charge in [-0.15, -0.1) is 0 Å². The van der Waals surface area contributed by atoms with Crippen LogP contribution in [0.15, 0.2) is 51.8 Å². The number of halogens is 3. The van der Waals surface area contributed by atoms with Crippen molar-refractivity contribution in [1.29, 1.82) is 0 Å². The molecule has 0 bridgehead atoms. The van der Waals surface area contributed by atoms with E-state index in [2.05, 4.69) is 4.98 Å². The summed E-state index contributed by atoms with van der Waals surface area (Å²) in [7, 11) is 1.44. The number of hydrogen-bond acceptors (Lipinski definition) is 6. The fraction of sp³-hybridized carbons (Fsp3) is 0.250. The van der Waals surface area contributed by atoms with Gasteiger partial charge in [0, 0.05) is 17.6 Å². The highest BCUT2D eigenvalue weighted by atomic mass is 19.4. The summed E-state index contributed by atoms with van der Waals surface area (Å²) in [6.45, 7) is 0.207. The van der Waals surface area contributed by atoms with Gasteiger partial charge in [-0.05, 0) is 18.2 Å². The molecule has 3 heterocycles. The van der Waals surface area contributed by atoms with E-state index in [-0.39, 0.29) is 30.1 Å². The number of ether oxygens (including phenoxy) is 2. The first-order valence-corrected chi connectivity index (χ1v) is 8.86. The van der Waals surface area contributed by atoms with E-state index < -0.39 is 29.4 Å². The second-order valence-electron chi connectivity index (χ2n) is 6.66. The Hall–Kier alpha value is -3.56. The number of rotatable bonds is 4. The number of pyridine rings is 1. The van der Waals surface area contributed by atoms with E-state index in [1.807, 2.05) is 0 Å². The van der Waals surface area contributed by atoms with Gasteiger partial charge in [-0.25, -0.2) is 9.78 Å². The molecule has 1 fully saturated rings. The molecule has 1 amide bonds. The van der Waals surface area contributed by atoms with Crippen LogP contribution in [0.1, 0.15) is 15.9 Å². The summed E-state index contributed by atoms with van der Waals surface area (Å²) < 4.78 is 54.1. The van der Waals surface area contributed by atoms with E-state index in [9.17, 15) is 22.8 Å². The lowest BCUT2D eigenvalue weighted by Gasteiger charge is -2.38. The number of benzene rings is 1. The smallest absolute Gasteiger partial charge is 0.416 e. The van der Waals surface area contributed by atoms with Crippen molar-refractivity contribution >= 4 is 16.9 Å². The van der Waals surface area contributed by atoms with Crippen molar-refractivity contribution in [2.45, 2.75) is 12.3 Å². The highest BCUT2D eigenvalue weighted by Crippen LogP contribution is 2.31. The number of nitrogens with zero attached hydrogens (tertiary/aromatic N) is 2. The maximum absolute atomic E-state index is 12.8. The van der Waals surface area contributed by atoms with Crippen LogP contribution in [0.5, 0.6) is 11.6 Å². The molecule has 0 saturated carbocycles. The Labute approximate surface area is 167 Å². The van der Waals surface area contributed by atoms with Crippen molar-refractivity contribution in [1.82, 2.24) is 9.88 Å². The van der Waals surface area contributed by atoms with Gasteiger partial charge in [-0.3, -0.25) is 4.79 Å². The first kappa shape index (κ1) is 19.7. The number of alkyl halides is 3. The molecule has 0 aliphatic carbocycles. The topological polar surface area (TPSA) is 81.9 Å². The largest absolute Gasteiger partial charge is 0.493 e. The molecular weight excluding hydrogens is 405 g/mol. The predicted molar refractivity (Wildman–Crippen MR) is 98.6 cm³/mol. The van der Waals surface area contributed by atoms with Gasteiger partial charge in [-0.2, -0.15) is 13.2 Å². The lowest BCUT2D eigenvalue weighted by Crippen LogP contribution is -2.56. The molecule has 0 radical (unpaired) electrons. The van der Waals surface area contributed by atoms with Crippen LogP contribution in [0.25, 0.3) is 11.0 Å². The highest BCUT2D eigenvalue weighted by Gasteiger charge is 2.36. The molecule has 2 aromatic heterocycles. The molecule has 0 atom stereocenters. The van der Waals surface area contributed by atoms with Gasteiger partial charge in [0.15, 0.2) is 11.3 Å². The monoisotopic (exact) mass is 420 g/mol. The summed E-state index contributed by atoms with van der Waals surface area (Å²) in [5, 5.41) is 0.527.